The highest BCUT2D eigenvalue weighted by atomic mass is 19.4. The third kappa shape index (κ3) is 4.32. The van der Waals surface area contributed by atoms with Crippen molar-refractivity contribution in [1.29, 1.82) is 5.26 Å². The number of fused-ring (bicyclic) bond motifs is 2. The van der Waals surface area contributed by atoms with E-state index in [2.05, 4.69) is 0 Å². The van der Waals surface area contributed by atoms with E-state index in [4.69, 9.17) is 11.0 Å². The van der Waals surface area contributed by atoms with Crippen LogP contribution in [0.15, 0.2) is 18.2 Å². The van der Waals surface area contributed by atoms with Crippen LogP contribution in [0.1, 0.15) is 30.4 Å². The molecule has 3 aliphatic heterocycles. The van der Waals surface area contributed by atoms with Gasteiger partial charge in [0.05, 0.1) is 35.3 Å². The van der Waals surface area contributed by atoms with Gasteiger partial charge in [-0.15, -0.1) is 0 Å². The number of halogens is 6. The van der Waals surface area contributed by atoms with Crippen LogP contribution < -0.4 is 10.6 Å². The Balaban J connectivity index is 1.51. The molecule has 13 heteroatoms. The number of likely N-dealkylation sites (tertiary alicyclic amines) is 2. The summed E-state index contributed by atoms with van der Waals surface area (Å²) in [4.78, 5) is 29.6. The molecule has 1 aromatic carbocycles. The van der Waals surface area contributed by atoms with E-state index in [1.54, 1.807) is 4.90 Å². The van der Waals surface area contributed by atoms with Crippen LogP contribution in [0, 0.1) is 11.3 Å². The lowest BCUT2D eigenvalue weighted by molar-refractivity contribution is -0.143. The highest BCUT2D eigenvalue weighted by Gasteiger charge is 2.51. The van der Waals surface area contributed by atoms with Gasteiger partial charge in [0, 0.05) is 25.3 Å². The molecule has 4 rings (SSSR count). The maximum atomic E-state index is 13.2. The maximum absolute atomic E-state index is 13.2. The van der Waals surface area contributed by atoms with Crippen LogP contribution in [0.5, 0.6) is 0 Å². The average Bonchev–Trinajstić information content (AvgIpc) is 3.45. The predicted octanol–water partition coefficient (Wildman–Crippen LogP) is 2.36. The average molecular weight is 489 g/mol. The van der Waals surface area contributed by atoms with E-state index in [9.17, 15) is 35.9 Å². The summed E-state index contributed by atoms with van der Waals surface area (Å²) in [6.07, 6.45) is -8.62. The highest BCUT2D eigenvalue weighted by Crippen LogP contribution is 2.42. The molecule has 0 aliphatic carbocycles. The van der Waals surface area contributed by atoms with Gasteiger partial charge < -0.3 is 15.5 Å². The molecule has 0 aromatic heterocycles. The number of piperazine rings is 1. The van der Waals surface area contributed by atoms with Gasteiger partial charge in [-0.25, -0.2) is 0 Å². The van der Waals surface area contributed by atoms with Gasteiger partial charge in [0.2, 0.25) is 11.8 Å². The minimum Gasteiger partial charge on any atom is -0.325 e. The zero-order valence-electron chi connectivity index (χ0n) is 17.7. The number of nitriles is 1. The molecule has 1 unspecified atom stereocenters. The topological polar surface area (TPSA) is 93.7 Å². The number of nitrogens with zero attached hydrogens (tertiary/aromatic N) is 4. The van der Waals surface area contributed by atoms with Crippen molar-refractivity contribution in [2.75, 3.05) is 24.5 Å². The molecule has 3 aliphatic rings. The van der Waals surface area contributed by atoms with Crippen molar-refractivity contribution in [3.63, 3.8) is 0 Å². The molecule has 2 bridgehead atoms. The monoisotopic (exact) mass is 489 g/mol. The van der Waals surface area contributed by atoms with Gasteiger partial charge in [0.15, 0.2) is 0 Å². The fourth-order valence-corrected chi connectivity index (χ4v) is 4.99. The number of carbonyl (C=O) groups excluding carboxylic acids is 2. The molecule has 2 N–H and O–H groups in total. The van der Waals surface area contributed by atoms with E-state index < -0.39 is 65.1 Å². The summed E-state index contributed by atoms with van der Waals surface area (Å²) in [5.74, 6) is -1.07. The van der Waals surface area contributed by atoms with E-state index in [1.165, 1.54) is 4.90 Å². The molecule has 3 fully saturated rings. The molecule has 3 saturated heterocycles. The second-order valence-electron chi connectivity index (χ2n) is 8.76. The number of anilines is 1. The SMILES string of the molecule is N#C[C@@H]1CCCN1C(=O)[C@@H](N)CN1CC2C[C@@H]1C(=O)N2c1cc(C(F)(F)F)cc(C(F)(F)F)c1. The zero-order chi connectivity index (χ0) is 25.0. The first kappa shape index (κ1) is 24.3. The van der Waals surface area contributed by atoms with Crippen LogP contribution in [-0.2, 0) is 21.9 Å². The lowest BCUT2D eigenvalue weighted by Gasteiger charge is -2.35. The second-order valence-corrected chi connectivity index (χ2v) is 8.76. The van der Waals surface area contributed by atoms with Gasteiger partial charge in [-0.1, -0.05) is 0 Å². The van der Waals surface area contributed by atoms with Gasteiger partial charge in [-0.05, 0) is 37.5 Å². The summed E-state index contributed by atoms with van der Waals surface area (Å²) < 4.78 is 79.3. The van der Waals surface area contributed by atoms with Crippen LogP contribution in [0.3, 0.4) is 0 Å². The third-order valence-electron chi connectivity index (χ3n) is 6.55. The van der Waals surface area contributed by atoms with Crippen molar-refractivity contribution in [3.8, 4) is 6.07 Å². The van der Waals surface area contributed by atoms with Crippen LogP contribution >= 0.6 is 0 Å². The van der Waals surface area contributed by atoms with Gasteiger partial charge in [0.25, 0.3) is 0 Å². The van der Waals surface area contributed by atoms with E-state index in [0.717, 1.165) is 4.90 Å². The zero-order valence-corrected chi connectivity index (χ0v) is 17.7. The van der Waals surface area contributed by atoms with E-state index >= 15 is 0 Å². The smallest absolute Gasteiger partial charge is 0.325 e. The van der Waals surface area contributed by atoms with E-state index in [1.807, 2.05) is 6.07 Å². The molecule has 0 spiro atoms. The van der Waals surface area contributed by atoms with Crippen molar-refractivity contribution in [1.82, 2.24) is 9.80 Å². The van der Waals surface area contributed by atoms with Crippen LogP contribution in [0.4, 0.5) is 32.0 Å². The Kier molecular flexibility index (Phi) is 6.02. The number of nitrogens with two attached hydrogens (primary N) is 1. The molecule has 2 amide bonds. The summed E-state index contributed by atoms with van der Waals surface area (Å²) in [5, 5.41) is 9.16. The van der Waals surface area contributed by atoms with Gasteiger partial charge in [-0.3, -0.25) is 14.5 Å². The summed E-state index contributed by atoms with van der Waals surface area (Å²) in [5.41, 5.74) is 2.59. The Hall–Kier alpha value is -2.85. The lowest BCUT2D eigenvalue weighted by atomic mass is 10.1. The molecule has 0 saturated carbocycles. The third-order valence-corrected chi connectivity index (χ3v) is 6.55. The number of carbonyl (C=O) groups is 2. The molecule has 0 radical (unpaired) electrons. The highest BCUT2D eigenvalue weighted by molar-refractivity contribution is 6.01. The Bertz CT molecular complexity index is 1000. The van der Waals surface area contributed by atoms with Gasteiger partial charge in [-0.2, -0.15) is 31.6 Å². The van der Waals surface area contributed by atoms with Crippen LogP contribution in [-0.4, -0.2) is 65.4 Å². The lowest BCUT2D eigenvalue weighted by Crippen LogP contribution is -2.56. The Labute approximate surface area is 190 Å². The number of hydrogen-bond acceptors (Lipinski definition) is 5. The molecular formula is C21H21F6N5O2. The summed E-state index contributed by atoms with van der Waals surface area (Å²) in [7, 11) is 0. The van der Waals surface area contributed by atoms with Crippen LogP contribution in [0.2, 0.25) is 0 Å². The minimum absolute atomic E-state index is 0.00931. The summed E-state index contributed by atoms with van der Waals surface area (Å²) >= 11 is 0. The Morgan fingerprint density at radius 1 is 1.15 bits per heavy atom. The van der Waals surface area contributed by atoms with E-state index in [-0.39, 0.29) is 25.6 Å². The number of amides is 2. The first-order valence-electron chi connectivity index (χ1n) is 10.6. The predicted molar refractivity (Wildman–Crippen MR) is 106 cm³/mol. The van der Waals surface area contributed by atoms with Gasteiger partial charge >= 0.3 is 12.4 Å². The second kappa shape index (κ2) is 8.42. The molecule has 184 valence electrons. The number of rotatable bonds is 4. The standard InChI is InChI=1S/C21H21F6N5O2/c22-20(23,24)11-4-12(21(25,26)27)6-14(5-11)32-15-7-17(19(32)34)30(9-15)10-16(29)18(33)31-3-1-2-13(31)8-28/h4-6,13,15-17H,1-3,7,9-10,29H2/t13-,15?,16-,17+/m0/s1. The van der Waals surface area contributed by atoms with Crippen molar-refractivity contribution in [2.45, 2.75) is 55.8 Å². The minimum atomic E-state index is -5.02. The molecule has 4 atom stereocenters. The maximum Gasteiger partial charge on any atom is 0.416 e. The van der Waals surface area contributed by atoms with Crippen LogP contribution in [0.25, 0.3) is 0 Å². The fourth-order valence-electron chi connectivity index (χ4n) is 4.99. The summed E-state index contributed by atoms with van der Waals surface area (Å²) in [6.45, 7) is 0.544. The van der Waals surface area contributed by atoms with Crippen molar-refractivity contribution < 1.29 is 35.9 Å². The quantitative estimate of drug-likeness (QED) is 0.656. The van der Waals surface area contributed by atoms with Crippen molar-refractivity contribution in [2.24, 2.45) is 5.73 Å². The Morgan fingerprint density at radius 2 is 1.76 bits per heavy atom. The summed E-state index contributed by atoms with van der Waals surface area (Å²) in [6, 6.07) is 0.124. The van der Waals surface area contributed by atoms with Crippen molar-refractivity contribution in [3.05, 3.63) is 29.3 Å². The first-order valence-corrected chi connectivity index (χ1v) is 10.6. The Morgan fingerprint density at radius 3 is 2.29 bits per heavy atom. The molecule has 1 aromatic rings. The molecule has 34 heavy (non-hydrogen) atoms. The first-order chi connectivity index (χ1) is 15.8. The number of benzene rings is 1. The van der Waals surface area contributed by atoms with Crippen molar-refractivity contribution >= 4 is 17.5 Å². The van der Waals surface area contributed by atoms with E-state index in [0.29, 0.717) is 31.5 Å². The van der Waals surface area contributed by atoms with Gasteiger partial charge in [0.1, 0.15) is 6.04 Å². The largest absolute Gasteiger partial charge is 0.416 e. The molecule has 7 nitrogen and oxygen atoms in total. The number of hydrogen-bond donors (Lipinski definition) is 1. The number of alkyl halides is 6. The molecular weight excluding hydrogens is 468 g/mol. The fraction of sp³-hybridized carbons (Fsp3) is 0.571. The normalized spacial score (nSPS) is 26.3. The molecule has 3 heterocycles.